The first-order valence-corrected chi connectivity index (χ1v) is 15.6. The van der Waals surface area contributed by atoms with Gasteiger partial charge < -0.3 is 18.6 Å². The molecule has 178 valence electrons. The fraction of sp³-hybridized carbons (Fsp3) is 0.538. The van der Waals surface area contributed by atoms with E-state index in [2.05, 4.69) is 92.9 Å². The van der Waals surface area contributed by atoms with Crippen LogP contribution in [0.2, 0.25) is 18.1 Å². The second-order valence-electron chi connectivity index (χ2n) is 9.65. The molecule has 0 aromatic heterocycles. The van der Waals surface area contributed by atoms with Crippen molar-refractivity contribution < 1.29 is 18.6 Å². The summed E-state index contributed by atoms with van der Waals surface area (Å²) >= 11 is 2.41. The van der Waals surface area contributed by atoms with Crippen LogP contribution < -0.4 is 9.47 Å². The summed E-state index contributed by atoms with van der Waals surface area (Å²) in [6, 6.07) is 14.6. The van der Waals surface area contributed by atoms with Crippen molar-refractivity contribution in [3.63, 3.8) is 0 Å². The third-order valence-electron chi connectivity index (χ3n) is 6.39. The molecule has 2 aromatic carbocycles. The molecule has 0 spiro atoms. The molecule has 0 bridgehead atoms. The number of hydrogen-bond donors (Lipinski definition) is 0. The van der Waals surface area contributed by atoms with Gasteiger partial charge in [-0.05, 0) is 54.7 Å². The molecule has 0 unspecified atom stereocenters. The number of ether oxygens (including phenoxy) is 3. The summed E-state index contributed by atoms with van der Waals surface area (Å²) in [6.07, 6.45) is 0.596. The van der Waals surface area contributed by atoms with Gasteiger partial charge in [-0.15, -0.1) is 0 Å². The summed E-state index contributed by atoms with van der Waals surface area (Å²) in [5.74, 6) is 1.61. The van der Waals surface area contributed by atoms with Crippen LogP contribution in [0.25, 0.3) is 0 Å². The number of rotatable bonds is 11. The monoisotopic (exact) mass is 570 g/mol. The van der Waals surface area contributed by atoms with Gasteiger partial charge in [-0.25, -0.2) is 0 Å². The van der Waals surface area contributed by atoms with Crippen molar-refractivity contribution in [2.24, 2.45) is 0 Å². The van der Waals surface area contributed by atoms with E-state index in [1.807, 2.05) is 13.0 Å². The van der Waals surface area contributed by atoms with Gasteiger partial charge in [0.15, 0.2) is 8.32 Å². The standard InChI is InChI=1S/C26H39IO4Si/c1-19-22(28-5)16-21(17-23(19)29-6)25(31-32(7,8)26(2,3)4)24(18-27)30-15-14-20-12-10-9-11-13-20/h9-13,16-17,24-25H,14-15,18H2,1-8H3/t24-,25+/m0/s1. The van der Waals surface area contributed by atoms with Crippen molar-refractivity contribution in [1.82, 2.24) is 0 Å². The van der Waals surface area contributed by atoms with Gasteiger partial charge >= 0.3 is 0 Å². The van der Waals surface area contributed by atoms with Gasteiger partial charge in [0.05, 0.1) is 33.0 Å². The quantitative estimate of drug-likeness (QED) is 0.164. The van der Waals surface area contributed by atoms with Crippen molar-refractivity contribution in [3.8, 4) is 11.5 Å². The zero-order valence-electron chi connectivity index (χ0n) is 20.8. The van der Waals surface area contributed by atoms with Gasteiger partial charge in [0, 0.05) is 9.99 Å². The zero-order valence-corrected chi connectivity index (χ0v) is 24.0. The average Bonchev–Trinajstić information content (AvgIpc) is 2.75. The van der Waals surface area contributed by atoms with E-state index in [1.54, 1.807) is 14.2 Å². The average molecular weight is 571 g/mol. The molecule has 0 heterocycles. The van der Waals surface area contributed by atoms with Crippen molar-refractivity contribution in [1.29, 1.82) is 0 Å². The maximum absolute atomic E-state index is 6.98. The van der Waals surface area contributed by atoms with Crippen molar-refractivity contribution in [3.05, 3.63) is 59.2 Å². The van der Waals surface area contributed by atoms with Crippen LogP contribution >= 0.6 is 22.6 Å². The molecule has 0 aliphatic carbocycles. The van der Waals surface area contributed by atoms with Crippen LogP contribution in [-0.4, -0.2) is 39.7 Å². The highest BCUT2D eigenvalue weighted by Crippen LogP contribution is 2.43. The Hall–Kier alpha value is -1.09. The Bertz CT molecular complexity index is 824. The van der Waals surface area contributed by atoms with Crippen LogP contribution in [0.3, 0.4) is 0 Å². The number of methoxy groups -OCH3 is 2. The Morgan fingerprint density at radius 3 is 2.00 bits per heavy atom. The molecule has 0 saturated heterocycles. The van der Waals surface area contributed by atoms with Crippen molar-refractivity contribution in [2.75, 3.05) is 25.3 Å². The fourth-order valence-corrected chi connectivity index (χ4v) is 5.30. The summed E-state index contributed by atoms with van der Waals surface area (Å²) in [7, 11) is 1.33. The summed E-state index contributed by atoms with van der Waals surface area (Å²) in [4.78, 5) is 0. The highest BCUT2D eigenvalue weighted by molar-refractivity contribution is 14.1. The fourth-order valence-electron chi connectivity index (χ4n) is 3.31. The summed E-state index contributed by atoms with van der Waals surface area (Å²) in [5.41, 5.74) is 3.30. The van der Waals surface area contributed by atoms with E-state index in [0.29, 0.717) is 6.61 Å². The molecule has 32 heavy (non-hydrogen) atoms. The first-order chi connectivity index (χ1) is 15.0. The van der Waals surface area contributed by atoms with E-state index in [4.69, 9.17) is 18.6 Å². The minimum Gasteiger partial charge on any atom is -0.496 e. The lowest BCUT2D eigenvalue weighted by Crippen LogP contribution is -2.44. The van der Waals surface area contributed by atoms with E-state index in [1.165, 1.54) is 5.56 Å². The van der Waals surface area contributed by atoms with Gasteiger partial charge in [0.2, 0.25) is 0 Å². The Morgan fingerprint density at radius 1 is 0.969 bits per heavy atom. The van der Waals surface area contributed by atoms with E-state index in [-0.39, 0.29) is 17.2 Å². The summed E-state index contributed by atoms with van der Waals surface area (Å²) in [5, 5.41) is 0.0873. The van der Waals surface area contributed by atoms with Crippen LogP contribution in [0, 0.1) is 6.92 Å². The molecular formula is C26H39IO4Si. The lowest BCUT2D eigenvalue weighted by atomic mass is 10.0. The smallest absolute Gasteiger partial charge is 0.193 e. The van der Waals surface area contributed by atoms with Crippen LogP contribution in [-0.2, 0) is 15.6 Å². The normalized spacial score (nSPS) is 14.2. The molecule has 0 amide bonds. The highest BCUT2D eigenvalue weighted by Gasteiger charge is 2.41. The van der Waals surface area contributed by atoms with Crippen LogP contribution in [0.5, 0.6) is 11.5 Å². The number of halogens is 1. The number of hydrogen-bond acceptors (Lipinski definition) is 4. The Labute approximate surface area is 209 Å². The van der Waals surface area contributed by atoms with Crippen LogP contribution in [0.4, 0.5) is 0 Å². The van der Waals surface area contributed by atoms with Gasteiger partial charge in [-0.3, -0.25) is 0 Å². The van der Waals surface area contributed by atoms with Gasteiger partial charge in [-0.1, -0.05) is 73.7 Å². The van der Waals surface area contributed by atoms with Gasteiger partial charge in [0.1, 0.15) is 11.5 Å². The third-order valence-corrected chi connectivity index (χ3v) is 11.7. The topological polar surface area (TPSA) is 36.9 Å². The maximum Gasteiger partial charge on any atom is 0.193 e. The minimum atomic E-state index is -2.07. The molecular weight excluding hydrogens is 531 g/mol. The Morgan fingerprint density at radius 2 is 1.53 bits per heavy atom. The van der Waals surface area contributed by atoms with E-state index in [0.717, 1.165) is 33.5 Å². The molecule has 0 fully saturated rings. The predicted molar refractivity (Wildman–Crippen MR) is 144 cm³/mol. The summed E-state index contributed by atoms with van der Waals surface area (Å²) < 4.78 is 25.6. The maximum atomic E-state index is 6.98. The van der Waals surface area contributed by atoms with Crippen LogP contribution in [0.1, 0.15) is 43.6 Å². The minimum absolute atomic E-state index is 0.0782. The molecule has 2 aromatic rings. The van der Waals surface area contributed by atoms with Gasteiger partial charge in [-0.2, -0.15) is 0 Å². The molecule has 0 aliphatic heterocycles. The molecule has 4 nitrogen and oxygen atoms in total. The summed E-state index contributed by atoms with van der Waals surface area (Å²) in [6.45, 7) is 14.0. The Kier molecular flexibility index (Phi) is 10.1. The first kappa shape index (κ1) is 27.2. The zero-order chi connectivity index (χ0) is 23.9. The van der Waals surface area contributed by atoms with E-state index < -0.39 is 8.32 Å². The molecule has 0 radical (unpaired) electrons. The second-order valence-corrected chi connectivity index (χ2v) is 15.3. The van der Waals surface area contributed by atoms with E-state index in [9.17, 15) is 0 Å². The predicted octanol–water partition coefficient (Wildman–Crippen LogP) is 7.14. The SMILES string of the molecule is COc1cc([C@@H](O[Si](C)(C)C(C)(C)C)[C@H](CI)OCCc2ccccc2)cc(OC)c1C. The number of alkyl halides is 1. The lowest BCUT2D eigenvalue weighted by molar-refractivity contribution is -0.0163. The number of benzene rings is 2. The second kappa shape index (κ2) is 11.9. The molecule has 0 aliphatic rings. The first-order valence-electron chi connectivity index (χ1n) is 11.2. The molecule has 2 atom stereocenters. The molecule has 2 rings (SSSR count). The largest absolute Gasteiger partial charge is 0.496 e. The molecule has 6 heteroatoms. The third kappa shape index (κ3) is 6.95. The molecule has 0 N–H and O–H groups in total. The highest BCUT2D eigenvalue weighted by atomic mass is 127. The van der Waals surface area contributed by atoms with E-state index >= 15 is 0 Å². The van der Waals surface area contributed by atoms with Crippen molar-refractivity contribution in [2.45, 2.75) is 64.5 Å². The van der Waals surface area contributed by atoms with Crippen LogP contribution in [0.15, 0.2) is 42.5 Å². The Balaban J connectivity index is 2.38. The lowest BCUT2D eigenvalue weighted by Gasteiger charge is -2.41. The molecule has 0 saturated carbocycles. The van der Waals surface area contributed by atoms with Gasteiger partial charge in [0.25, 0.3) is 0 Å². The van der Waals surface area contributed by atoms with Crippen molar-refractivity contribution >= 4 is 30.9 Å².